The van der Waals surface area contributed by atoms with Gasteiger partial charge in [0.1, 0.15) is 0 Å². The fraction of sp³-hybridized carbons (Fsp3) is 0.312. The van der Waals surface area contributed by atoms with Crippen LogP contribution in [0.1, 0.15) is 47.2 Å². The van der Waals surface area contributed by atoms with Gasteiger partial charge < -0.3 is 24.4 Å². The summed E-state index contributed by atoms with van der Waals surface area (Å²) in [5.41, 5.74) is 9.44. The molecule has 2 atom stereocenters. The zero-order valence-corrected chi connectivity index (χ0v) is 23.6. The van der Waals surface area contributed by atoms with Gasteiger partial charge in [0.2, 0.25) is 0 Å². The molecule has 0 unspecified atom stereocenters. The van der Waals surface area contributed by atoms with Crippen LogP contribution in [0.2, 0.25) is 0 Å². The first-order chi connectivity index (χ1) is 19.0. The van der Waals surface area contributed by atoms with Crippen LogP contribution in [0.3, 0.4) is 0 Å². The van der Waals surface area contributed by atoms with E-state index in [1.54, 1.807) is 0 Å². The summed E-state index contributed by atoms with van der Waals surface area (Å²) in [4.78, 5) is 9.38. The van der Waals surface area contributed by atoms with Gasteiger partial charge in [-0.05, 0) is 98.2 Å². The second-order valence-electron chi connectivity index (χ2n) is 10.3. The van der Waals surface area contributed by atoms with Crippen LogP contribution in [0.25, 0.3) is 5.69 Å². The highest BCUT2D eigenvalue weighted by Crippen LogP contribution is 2.43. The molecule has 2 fully saturated rings. The van der Waals surface area contributed by atoms with E-state index in [1.807, 2.05) is 18.3 Å². The molecule has 6 nitrogen and oxygen atoms in total. The Kier molecular flexibility index (Phi) is 7.11. The molecule has 0 bridgehead atoms. The Balaban J connectivity index is 1.41. The molecule has 1 N–H and O–H groups in total. The SMILES string of the molecule is CCc1ccc(N2C(=S)N[C@@H](c3ccccn3)[C@H]2c2cc(C)n(-c3ccc(N4CCOCC4)cc3)c2C)cc1. The van der Waals surface area contributed by atoms with E-state index in [9.17, 15) is 0 Å². The summed E-state index contributed by atoms with van der Waals surface area (Å²) in [6, 6.07) is 26.0. The Labute approximate surface area is 236 Å². The highest BCUT2D eigenvalue weighted by atomic mass is 32.1. The molecule has 0 spiro atoms. The molecule has 7 heteroatoms. The van der Waals surface area contributed by atoms with E-state index in [-0.39, 0.29) is 12.1 Å². The predicted octanol–water partition coefficient (Wildman–Crippen LogP) is 6.07. The number of nitrogens with zero attached hydrogens (tertiary/aromatic N) is 4. The van der Waals surface area contributed by atoms with Gasteiger partial charge in [0.15, 0.2) is 5.11 Å². The third kappa shape index (κ3) is 4.81. The van der Waals surface area contributed by atoms with Crippen LogP contribution < -0.4 is 15.1 Å². The van der Waals surface area contributed by atoms with Gasteiger partial charge in [0.25, 0.3) is 0 Å². The highest BCUT2D eigenvalue weighted by Gasteiger charge is 2.42. The standard InChI is InChI=1S/C32H35N5OS/c1-4-24-8-10-27(11-9-24)37-31(30(34-32(37)39)29-7-5-6-16-33-29)28-21-22(2)36(23(28)3)26-14-12-25(13-15-26)35-17-19-38-20-18-35/h5-16,21,30-31H,4,17-20H2,1-3H3,(H,34,39)/t30-,31+/m0/s1. The quantitative estimate of drug-likeness (QED) is 0.302. The Morgan fingerprint density at radius 2 is 1.62 bits per heavy atom. The number of aryl methyl sites for hydroxylation is 2. The summed E-state index contributed by atoms with van der Waals surface area (Å²) in [6.07, 6.45) is 2.86. The van der Waals surface area contributed by atoms with Crippen molar-refractivity contribution in [2.24, 2.45) is 0 Å². The number of anilines is 2. The van der Waals surface area contributed by atoms with Crippen molar-refractivity contribution in [3.63, 3.8) is 0 Å². The van der Waals surface area contributed by atoms with Gasteiger partial charge in [-0.25, -0.2) is 0 Å². The number of hydrogen-bond donors (Lipinski definition) is 1. The Morgan fingerprint density at radius 1 is 0.923 bits per heavy atom. The molecule has 0 radical (unpaired) electrons. The number of hydrogen-bond acceptors (Lipinski definition) is 4. The lowest BCUT2D eigenvalue weighted by Crippen LogP contribution is -2.36. The van der Waals surface area contributed by atoms with E-state index in [4.69, 9.17) is 21.9 Å². The Bertz CT molecular complexity index is 1440. The third-order valence-electron chi connectivity index (χ3n) is 7.99. The minimum Gasteiger partial charge on any atom is -0.378 e. The van der Waals surface area contributed by atoms with Crippen molar-refractivity contribution in [3.05, 3.63) is 107 Å². The first-order valence-electron chi connectivity index (χ1n) is 13.8. The predicted molar refractivity (Wildman–Crippen MR) is 162 cm³/mol. The molecule has 39 heavy (non-hydrogen) atoms. The monoisotopic (exact) mass is 537 g/mol. The van der Waals surface area contributed by atoms with E-state index in [0.29, 0.717) is 0 Å². The molecule has 0 saturated carbocycles. The molecule has 2 aromatic carbocycles. The second-order valence-corrected chi connectivity index (χ2v) is 10.7. The van der Waals surface area contributed by atoms with Gasteiger partial charge in [-0.3, -0.25) is 4.98 Å². The van der Waals surface area contributed by atoms with E-state index in [1.165, 1.54) is 28.2 Å². The first kappa shape index (κ1) is 25.6. The summed E-state index contributed by atoms with van der Waals surface area (Å²) in [5.74, 6) is 0. The smallest absolute Gasteiger partial charge is 0.174 e. The number of nitrogens with one attached hydrogen (secondary N) is 1. The summed E-state index contributed by atoms with van der Waals surface area (Å²) in [7, 11) is 0. The molecule has 2 aliphatic rings. The van der Waals surface area contributed by atoms with Crippen LogP contribution in [-0.2, 0) is 11.2 Å². The normalized spacial score (nSPS) is 19.4. The van der Waals surface area contributed by atoms with E-state index in [2.05, 4.69) is 101 Å². The lowest BCUT2D eigenvalue weighted by Gasteiger charge is -2.29. The minimum atomic E-state index is -0.0674. The van der Waals surface area contributed by atoms with Gasteiger partial charge >= 0.3 is 0 Å². The number of pyridine rings is 1. The van der Waals surface area contributed by atoms with Gasteiger partial charge in [0, 0.05) is 47.7 Å². The molecule has 0 aliphatic carbocycles. The van der Waals surface area contributed by atoms with E-state index >= 15 is 0 Å². The maximum Gasteiger partial charge on any atom is 0.174 e. The van der Waals surface area contributed by atoms with Crippen LogP contribution >= 0.6 is 12.2 Å². The zero-order chi connectivity index (χ0) is 26.9. The Hall–Kier alpha value is -3.68. The molecule has 2 aromatic heterocycles. The Morgan fingerprint density at radius 3 is 2.28 bits per heavy atom. The molecular formula is C32H35N5OS. The highest BCUT2D eigenvalue weighted by molar-refractivity contribution is 7.80. The van der Waals surface area contributed by atoms with Crippen molar-refractivity contribution in [3.8, 4) is 5.69 Å². The second kappa shape index (κ2) is 10.8. The number of thiocarbonyl (C=S) groups is 1. The number of rotatable bonds is 6. The van der Waals surface area contributed by atoms with E-state index < -0.39 is 0 Å². The van der Waals surface area contributed by atoms with Crippen molar-refractivity contribution in [2.45, 2.75) is 39.3 Å². The summed E-state index contributed by atoms with van der Waals surface area (Å²) >= 11 is 5.96. The average Bonchev–Trinajstić information content (AvgIpc) is 3.48. The zero-order valence-electron chi connectivity index (χ0n) is 22.8. The molecular weight excluding hydrogens is 502 g/mol. The maximum absolute atomic E-state index is 5.96. The van der Waals surface area contributed by atoms with Gasteiger partial charge in [-0.15, -0.1) is 0 Å². The lowest BCUT2D eigenvalue weighted by molar-refractivity contribution is 0.122. The largest absolute Gasteiger partial charge is 0.378 e. The summed E-state index contributed by atoms with van der Waals surface area (Å²) in [6.45, 7) is 10.0. The summed E-state index contributed by atoms with van der Waals surface area (Å²) in [5, 5.41) is 4.33. The molecule has 200 valence electrons. The van der Waals surface area contributed by atoms with Gasteiger partial charge in [-0.1, -0.05) is 25.1 Å². The van der Waals surface area contributed by atoms with E-state index in [0.717, 1.165) is 54.9 Å². The number of benzene rings is 2. The van der Waals surface area contributed by atoms with Crippen LogP contribution in [-0.4, -0.2) is 41.0 Å². The number of aromatic nitrogens is 2. The van der Waals surface area contributed by atoms with Crippen molar-refractivity contribution in [1.29, 1.82) is 0 Å². The molecule has 2 saturated heterocycles. The van der Waals surface area contributed by atoms with Crippen LogP contribution in [0, 0.1) is 13.8 Å². The van der Waals surface area contributed by atoms with Gasteiger partial charge in [0.05, 0.1) is 31.0 Å². The fourth-order valence-corrected chi connectivity index (χ4v) is 6.31. The fourth-order valence-electron chi connectivity index (χ4n) is 5.96. The molecule has 0 amide bonds. The molecule has 4 aromatic rings. The third-order valence-corrected chi connectivity index (χ3v) is 8.31. The van der Waals surface area contributed by atoms with Gasteiger partial charge in [-0.2, -0.15) is 0 Å². The molecule has 2 aliphatic heterocycles. The van der Waals surface area contributed by atoms with Crippen molar-refractivity contribution < 1.29 is 4.74 Å². The molecule has 4 heterocycles. The minimum absolute atomic E-state index is 0.0348. The number of ether oxygens (including phenoxy) is 1. The average molecular weight is 538 g/mol. The topological polar surface area (TPSA) is 45.6 Å². The van der Waals surface area contributed by atoms with Crippen LogP contribution in [0.15, 0.2) is 79.0 Å². The summed E-state index contributed by atoms with van der Waals surface area (Å²) < 4.78 is 7.88. The van der Waals surface area contributed by atoms with Crippen LogP contribution in [0.4, 0.5) is 11.4 Å². The molecule has 6 rings (SSSR count). The lowest BCUT2D eigenvalue weighted by atomic mass is 9.96. The van der Waals surface area contributed by atoms with Crippen molar-refractivity contribution in [1.82, 2.24) is 14.9 Å². The van der Waals surface area contributed by atoms with Crippen molar-refractivity contribution in [2.75, 3.05) is 36.1 Å². The van der Waals surface area contributed by atoms with Crippen molar-refractivity contribution >= 4 is 28.7 Å². The maximum atomic E-state index is 5.96. The number of morpholine rings is 1. The first-order valence-corrected chi connectivity index (χ1v) is 14.2. The van der Waals surface area contributed by atoms with Crippen LogP contribution in [0.5, 0.6) is 0 Å².